The van der Waals surface area contributed by atoms with E-state index in [9.17, 15) is 9.59 Å². The molecule has 0 aliphatic carbocycles. The number of hydrogen-bond donors (Lipinski definition) is 2. The number of nitrogens with one attached hydrogen (secondary N) is 2. The van der Waals surface area contributed by atoms with E-state index in [0.29, 0.717) is 27.9 Å². The van der Waals surface area contributed by atoms with Gasteiger partial charge in [-0.2, -0.15) is 8.75 Å². The molecule has 2 N–H and O–H groups in total. The Morgan fingerprint density at radius 1 is 0.828 bits per heavy atom. The minimum absolute atomic E-state index is 0.110. The number of nitrogens with zero attached hydrogens (tertiary/aromatic N) is 2. The van der Waals surface area contributed by atoms with Gasteiger partial charge < -0.3 is 10.6 Å². The standard InChI is InChI=1S/C20H17ClN4O2S2/c21-12-7-8-16-14(11-12)18(29-25-16)20(27)23-10-4-3-9-22-19(26)17-13-5-1-2-6-15(13)24-28-17/h1-2,5-8,11H,3-4,9-10H2,(H,22,26)(H,23,27). The van der Waals surface area contributed by atoms with Crippen LogP contribution in [0.3, 0.4) is 0 Å². The van der Waals surface area contributed by atoms with Crippen molar-refractivity contribution in [3.8, 4) is 0 Å². The Labute approximate surface area is 180 Å². The summed E-state index contributed by atoms with van der Waals surface area (Å²) in [7, 11) is 0. The molecule has 2 aromatic carbocycles. The first-order chi connectivity index (χ1) is 14.1. The number of amides is 2. The molecule has 0 radical (unpaired) electrons. The molecule has 0 saturated carbocycles. The van der Waals surface area contributed by atoms with Crippen molar-refractivity contribution >= 4 is 68.3 Å². The summed E-state index contributed by atoms with van der Waals surface area (Å²) in [6.45, 7) is 1.07. The zero-order valence-corrected chi connectivity index (χ0v) is 17.7. The third-order valence-corrected chi connectivity index (χ3v) is 6.40. The molecule has 0 spiro atoms. The summed E-state index contributed by atoms with van der Waals surface area (Å²) in [6.07, 6.45) is 1.52. The Morgan fingerprint density at radius 2 is 1.41 bits per heavy atom. The average molecular weight is 445 g/mol. The fourth-order valence-electron chi connectivity index (χ4n) is 2.94. The number of benzene rings is 2. The lowest BCUT2D eigenvalue weighted by molar-refractivity contribution is 0.0945. The van der Waals surface area contributed by atoms with Gasteiger partial charge in [0.1, 0.15) is 9.75 Å². The SMILES string of the molecule is O=C(NCCCCNC(=O)c1snc2ccc(Cl)cc12)c1snc2ccccc12. The van der Waals surface area contributed by atoms with Gasteiger partial charge in [0, 0.05) is 28.9 Å². The van der Waals surface area contributed by atoms with Gasteiger partial charge in [0.05, 0.1) is 11.0 Å². The van der Waals surface area contributed by atoms with Crippen LogP contribution >= 0.6 is 34.7 Å². The Hall–Kier alpha value is -2.55. The summed E-state index contributed by atoms with van der Waals surface area (Å²) in [6, 6.07) is 12.9. The van der Waals surface area contributed by atoms with E-state index in [1.165, 1.54) is 23.1 Å². The largest absolute Gasteiger partial charge is 0.351 e. The van der Waals surface area contributed by atoms with Crippen LogP contribution in [0, 0.1) is 0 Å². The fraction of sp³-hybridized carbons (Fsp3) is 0.200. The monoisotopic (exact) mass is 444 g/mol. The van der Waals surface area contributed by atoms with Crippen LogP contribution in [-0.2, 0) is 0 Å². The lowest BCUT2D eigenvalue weighted by Crippen LogP contribution is -2.26. The zero-order chi connectivity index (χ0) is 20.2. The molecule has 0 bridgehead atoms. The minimum Gasteiger partial charge on any atom is -0.351 e. The van der Waals surface area contributed by atoms with Crippen molar-refractivity contribution < 1.29 is 9.59 Å². The van der Waals surface area contributed by atoms with Crippen molar-refractivity contribution in [2.24, 2.45) is 0 Å². The maximum atomic E-state index is 12.4. The maximum absolute atomic E-state index is 12.4. The van der Waals surface area contributed by atoms with Crippen LogP contribution in [0.15, 0.2) is 42.5 Å². The van der Waals surface area contributed by atoms with Gasteiger partial charge in [0.25, 0.3) is 11.8 Å². The lowest BCUT2D eigenvalue weighted by atomic mass is 10.2. The van der Waals surface area contributed by atoms with Crippen LogP contribution in [0.4, 0.5) is 0 Å². The van der Waals surface area contributed by atoms with E-state index < -0.39 is 0 Å². The topological polar surface area (TPSA) is 84.0 Å². The molecule has 0 unspecified atom stereocenters. The molecular formula is C20H17ClN4O2S2. The smallest absolute Gasteiger partial charge is 0.263 e. The Balaban J connectivity index is 1.22. The van der Waals surface area contributed by atoms with E-state index in [1.807, 2.05) is 24.3 Å². The number of carbonyl (C=O) groups is 2. The fourth-order valence-corrected chi connectivity index (χ4v) is 4.66. The van der Waals surface area contributed by atoms with Gasteiger partial charge in [-0.25, -0.2) is 0 Å². The Kier molecular flexibility index (Phi) is 6.03. The van der Waals surface area contributed by atoms with Crippen LogP contribution in [0.25, 0.3) is 21.8 Å². The van der Waals surface area contributed by atoms with Gasteiger partial charge in [-0.3, -0.25) is 9.59 Å². The molecule has 0 aliphatic heterocycles. The molecule has 4 rings (SSSR count). The van der Waals surface area contributed by atoms with E-state index in [-0.39, 0.29) is 11.8 Å². The second-order valence-corrected chi connectivity index (χ2v) is 8.40. The van der Waals surface area contributed by atoms with E-state index in [4.69, 9.17) is 11.6 Å². The molecule has 148 valence electrons. The normalized spacial score (nSPS) is 11.1. The lowest BCUT2D eigenvalue weighted by Gasteiger charge is -2.05. The molecule has 6 nitrogen and oxygen atoms in total. The van der Waals surface area contributed by atoms with Gasteiger partial charge in [-0.05, 0) is 60.2 Å². The summed E-state index contributed by atoms with van der Waals surface area (Å²) in [5.41, 5.74) is 1.60. The Bertz CT molecular complexity index is 1190. The summed E-state index contributed by atoms with van der Waals surface area (Å²) in [5, 5.41) is 8.05. The molecule has 4 aromatic rings. The van der Waals surface area contributed by atoms with Crippen LogP contribution in [0.5, 0.6) is 0 Å². The second kappa shape index (κ2) is 8.86. The van der Waals surface area contributed by atoms with Crippen LogP contribution < -0.4 is 10.6 Å². The van der Waals surface area contributed by atoms with E-state index in [1.54, 1.807) is 18.2 Å². The van der Waals surface area contributed by atoms with Crippen molar-refractivity contribution in [3.63, 3.8) is 0 Å². The quantitative estimate of drug-likeness (QED) is 0.411. The minimum atomic E-state index is -0.153. The highest BCUT2D eigenvalue weighted by Gasteiger charge is 2.15. The highest BCUT2D eigenvalue weighted by atomic mass is 35.5. The van der Waals surface area contributed by atoms with E-state index >= 15 is 0 Å². The van der Waals surface area contributed by atoms with Crippen molar-refractivity contribution in [3.05, 3.63) is 57.2 Å². The number of carbonyl (C=O) groups excluding carboxylic acids is 2. The number of rotatable bonds is 7. The van der Waals surface area contributed by atoms with Crippen molar-refractivity contribution in [2.75, 3.05) is 13.1 Å². The molecule has 2 amide bonds. The van der Waals surface area contributed by atoms with Crippen LogP contribution in [-0.4, -0.2) is 33.7 Å². The van der Waals surface area contributed by atoms with Gasteiger partial charge in [-0.1, -0.05) is 29.8 Å². The van der Waals surface area contributed by atoms with Crippen molar-refractivity contribution in [1.82, 2.24) is 19.4 Å². The average Bonchev–Trinajstić information content (AvgIpc) is 3.34. The predicted molar refractivity (Wildman–Crippen MR) is 118 cm³/mol. The zero-order valence-electron chi connectivity index (χ0n) is 15.3. The third-order valence-electron chi connectivity index (χ3n) is 4.41. The number of hydrogen-bond acceptors (Lipinski definition) is 6. The first-order valence-corrected chi connectivity index (χ1v) is 11.0. The molecule has 0 fully saturated rings. The summed E-state index contributed by atoms with van der Waals surface area (Å²) >= 11 is 8.39. The van der Waals surface area contributed by atoms with Gasteiger partial charge >= 0.3 is 0 Å². The molecule has 0 atom stereocenters. The first kappa shape index (κ1) is 19.8. The molecule has 0 aliphatic rings. The first-order valence-electron chi connectivity index (χ1n) is 9.09. The number of halogens is 1. The maximum Gasteiger partial charge on any atom is 0.263 e. The van der Waals surface area contributed by atoms with Crippen LogP contribution in [0.1, 0.15) is 32.2 Å². The predicted octanol–water partition coefficient (Wildman–Crippen LogP) is 4.50. The molecule has 29 heavy (non-hydrogen) atoms. The third kappa shape index (κ3) is 4.39. The summed E-state index contributed by atoms with van der Waals surface area (Å²) in [4.78, 5) is 25.9. The second-order valence-electron chi connectivity index (χ2n) is 6.42. The Morgan fingerprint density at radius 3 is 2.10 bits per heavy atom. The summed E-state index contributed by atoms with van der Waals surface area (Å²) in [5.74, 6) is -0.263. The number of aromatic nitrogens is 2. The molecule has 0 saturated heterocycles. The van der Waals surface area contributed by atoms with Crippen LogP contribution in [0.2, 0.25) is 5.02 Å². The highest BCUT2D eigenvalue weighted by molar-refractivity contribution is 7.10. The van der Waals surface area contributed by atoms with E-state index in [0.717, 1.165) is 34.6 Å². The van der Waals surface area contributed by atoms with Gasteiger partial charge in [-0.15, -0.1) is 0 Å². The summed E-state index contributed by atoms with van der Waals surface area (Å²) < 4.78 is 8.56. The number of unbranched alkanes of at least 4 members (excludes halogenated alkanes) is 1. The van der Waals surface area contributed by atoms with Crippen molar-refractivity contribution in [2.45, 2.75) is 12.8 Å². The molecule has 9 heteroatoms. The highest BCUT2D eigenvalue weighted by Crippen LogP contribution is 2.25. The van der Waals surface area contributed by atoms with Crippen molar-refractivity contribution in [1.29, 1.82) is 0 Å². The molecule has 2 heterocycles. The van der Waals surface area contributed by atoms with E-state index in [2.05, 4.69) is 19.4 Å². The van der Waals surface area contributed by atoms with Gasteiger partial charge in [0.2, 0.25) is 0 Å². The molecular weight excluding hydrogens is 428 g/mol. The number of fused-ring (bicyclic) bond motifs is 2. The molecule has 2 aromatic heterocycles. The van der Waals surface area contributed by atoms with Gasteiger partial charge in [0.15, 0.2) is 0 Å².